The Morgan fingerprint density at radius 1 is 1.31 bits per heavy atom. The molecule has 0 aromatic heterocycles. The fourth-order valence-corrected chi connectivity index (χ4v) is 3.08. The summed E-state index contributed by atoms with van der Waals surface area (Å²) in [5.74, 6) is 0.760. The van der Waals surface area contributed by atoms with Crippen LogP contribution in [0.15, 0.2) is 0 Å². The number of aliphatic hydroxyl groups excluding tert-OH is 1. The van der Waals surface area contributed by atoms with Crippen LogP contribution in [-0.4, -0.2) is 34.7 Å². The minimum atomic E-state index is -0.270. The molecule has 2 aliphatic rings. The van der Waals surface area contributed by atoms with Crippen molar-refractivity contribution >= 4 is 0 Å². The molecule has 2 rings (SSSR count). The Labute approximate surface area is 98.1 Å². The van der Waals surface area contributed by atoms with Crippen molar-refractivity contribution in [3.8, 4) is 6.07 Å². The molecule has 0 amide bonds. The van der Waals surface area contributed by atoms with Crippen molar-refractivity contribution < 1.29 is 5.11 Å². The van der Waals surface area contributed by atoms with Crippen molar-refractivity contribution in [1.82, 2.24) is 4.90 Å². The van der Waals surface area contributed by atoms with Gasteiger partial charge in [-0.25, -0.2) is 0 Å². The van der Waals surface area contributed by atoms with Gasteiger partial charge in [-0.1, -0.05) is 6.92 Å². The third-order valence-corrected chi connectivity index (χ3v) is 4.31. The second kappa shape index (κ2) is 4.73. The van der Waals surface area contributed by atoms with E-state index in [1.165, 1.54) is 0 Å². The highest BCUT2D eigenvalue weighted by Crippen LogP contribution is 2.37. The zero-order valence-electron chi connectivity index (χ0n) is 10.2. The van der Waals surface area contributed by atoms with E-state index in [4.69, 9.17) is 0 Å². The van der Waals surface area contributed by atoms with Crippen LogP contribution in [-0.2, 0) is 0 Å². The fourth-order valence-electron chi connectivity index (χ4n) is 3.08. The number of hydrogen-bond donors (Lipinski definition) is 1. The molecule has 1 saturated heterocycles. The smallest absolute Gasteiger partial charge is 0.109 e. The topological polar surface area (TPSA) is 47.3 Å². The maximum absolute atomic E-state index is 9.72. The molecule has 1 saturated carbocycles. The van der Waals surface area contributed by atoms with Crippen molar-refractivity contribution in [3.63, 3.8) is 0 Å². The monoisotopic (exact) mass is 222 g/mol. The normalized spacial score (nSPS) is 41.6. The van der Waals surface area contributed by atoms with Crippen LogP contribution < -0.4 is 0 Å². The number of likely N-dealkylation sites (tertiary alicyclic amines) is 1. The molecule has 3 heteroatoms. The van der Waals surface area contributed by atoms with Gasteiger partial charge in [0.15, 0.2) is 0 Å². The minimum absolute atomic E-state index is 0.224. The van der Waals surface area contributed by atoms with Gasteiger partial charge in [-0.05, 0) is 51.0 Å². The Kier molecular flexibility index (Phi) is 3.51. The van der Waals surface area contributed by atoms with E-state index >= 15 is 0 Å². The second-order valence-electron chi connectivity index (χ2n) is 5.57. The van der Waals surface area contributed by atoms with E-state index in [1.54, 1.807) is 0 Å². The Morgan fingerprint density at radius 3 is 2.56 bits per heavy atom. The molecule has 3 nitrogen and oxygen atoms in total. The van der Waals surface area contributed by atoms with Crippen LogP contribution in [0.4, 0.5) is 0 Å². The molecule has 16 heavy (non-hydrogen) atoms. The van der Waals surface area contributed by atoms with Crippen molar-refractivity contribution in [1.29, 1.82) is 5.26 Å². The Balaban J connectivity index is 2.06. The number of nitriles is 1. The lowest BCUT2D eigenvalue weighted by Gasteiger charge is -2.45. The van der Waals surface area contributed by atoms with E-state index in [1.807, 2.05) is 0 Å². The molecule has 0 spiro atoms. The second-order valence-corrected chi connectivity index (χ2v) is 5.57. The molecular formula is C13H22N2O. The van der Waals surface area contributed by atoms with E-state index < -0.39 is 0 Å². The number of piperidine rings is 1. The third-order valence-electron chi connectivity index (χ3n) is 4.31. The van der Waals surface area contributed by atoms with Gasteiger partial charge in [0.25, 0.3) is 0 Å². The van der Waals surface area contributed by atoms with E-state index in [2.05, 4.69) is 17.9 Å². The summed E-state index contributed by atoms with van der Waals surface area (Å²) in [6, 6.07) is 2.54. The van der Waals surface area contributed by atoms with Crippen LogP contribution in [0.5, 0.6) is 0 Å². The lowest BCUT2D eigenvalue weighted by Crippen LogP contribution is -2.54. The average Bonchev–Trinajstić information content (AvgIpc) is 2.31. The molecule has 2 fully saturated rings. The van der Waals surface area contributed by atoms with Gasteiger partial charge in [-0.15, -0.1) is 0 Å². The summed E-state index contributed by atoms with van der Waals surface area (Å²) < 4.78 is 0. The van der Waals surface area contributed by atoms with Crippen LogP contribution in [0, 0.1) is 17.2 Å². The zero-order valence-corrected chi connectivity index (χ0v) is 10.2. The molecule has 1 heterocycles. The highest BCUT2D eigenvalue weighted by molar-refractivity contribution is 5.11. The van der Waals surface area contributed by atoms with Gasteiger partial charge in [0.05, 0.1) is 12.2 Å². The Bertz CT molecular complexity index is 276. The first-order chi connectivity index (χ1) is 7.66. The van der Waals surface area contributed by atoms with E-state index in [-0.39, 0.29) is 11.6 Å². The summed E-state index contributed by atoms with van der Waals surface area (Å²) in [6.07, 6.45) is 5.97. The summed E-state index contributed by atoms with van der Waals surface area (Å²) in [4.78, 5) is 2.24. The highest BCUT2D eigenvalue weighted by atomic mass is 16.3. The molecule has 1 atom stereocenters. The fraction of sp³-hybridized carbons (Fsp3) is 0.923. The molecule has 1 aliphatic carbocycles. The van der Waals surface area contributed by atoms with Crippen molar-refractivity contribution in [2.75, 3.05) is 13.1 Å². The molecule has 0 aromatic rings. The van der Waals surface area contributed by atoms with Gasteiger partial charge in [-0.3, -0.25) is 4.90 Å². The van der Waals surface area contributed by atoms with E-state index in [0.29, 0.717) is 6.54 Å². The number of β-amino-alcohol motifs (C(OH)–C–C–N with tert-alkyl or cyclic N) is 1. The van der Waals surface area contributed by atoms with Gasteiger partial charge in [0.1, 0.15) is 5.54 Å². The third kappa shape index (κ3) is 2.23. The van der Waals surface area contributed by atoms with Gasteiger partial charge >= 0.3 is 0 Å². The van der Waals surface area contributed by atoms with Gasteiger partial charge < -0.3 is 5.11 Å². The van der Waals surface area contributed by atoms with Crippen LogP contribution in [0.2, 0.25) is 0 Å². The summed E-state index contributed by atoms with van der Waals surface area (Å²) in [7, 11) is 0. The lowest BCUT2D eigenvalue weighted by molar-refractivity contribution is 0.00340. The van der Waals surface area contributed by atoms with Crippen LogP contribution >= 0.6 is 0 Å². The first-order valence-corrected chi connectivity index (χ1v) is 6.51. The standard InChI is InChI=1S/C13H22N2O/c1-11-4-6-13(10-14,7-5-11)15-8-2-3-12(16)9-15/h11-12,16H,2-9H2,1H3. The van der Waals surface area contributed by atoms with Crippen molar-refractivity contribution in [2.45, 2.75) is 57.1 Å². The number of nitrogens with zero attached hydrogens (tertiary/aromatic N) is 2. The summed E-state index contributed by atoms with van der Waals surface area (Å²) in [5, 5.41) is 19.2. The molecule has 1 unspecified atom stereocenters. The molecule has 1 N–H and O–H groups in total. The van der Waals surface area contributed by atoms with Crippen molar-refractivity contribution in [2.24, 2.45) is 5.92 Å². The highest BCUT2D eigenvalue weighted by Gasteiger charge is 2.41. The molecular weight excluding hydrogens is 200 g/mol. The molecule has 1 aliphatic heterocycles. The first kappa shape index (κ1) is 11.9. The molecule has 0 radical (unpaired) electrons. The lowest BCUT2D eigenvalue weighted by atomic mass is 9.76. The van der Waals surface area contributed by atoms with E-state index in [0.717, 1.165) is 51.0 Å². The minimum Gasteiger partial charge on any atom is -0.392 e. The predicted octanol–water partition coefficient (Wildman–Crippen LogP) is 1.92. The van der Waals surface area contributed by atoms with Crippen LogP contribution in [0.25, 0.3) is 0 Å². The molecule has 0 bridgehead atoms. The van der Waals surface area contributed by atoms with E-state index in [9.17, 15) is 10.4 Å². The number of aliphatic hydroxyl groups is 1. The molecule has 90 valence electrons. The summed E-state index contributed by atoms with van der Waals surface area (Å²) in [5.41, 5.74) is -0.270. The van der Waals surface area contributed by atoms with Gasteiger partial charge in [-0.2, -0.15) is 5.26 Å². The maximum Gasteiger partial charge on any atom is 0.109 e. The van der Waals surface area contributed by atoms with Gasteiger partial charge in [0, 0.05) is 6.54 Å². The maximum atomic E-state index is 9.72. The average molecular weight is 222 g/mol. The summed E-state index contributed by atoms with van der Waals surface area (Å²) >= 11 is 0. The largest absolute Gasteiger partial charge is 0.392 e. The summed E-state index contributed by atoms with van der Waals surface area (Å²) in [6.45, 7) is 3.95. The number of hydrogen-bond acceptors (Lipinski definition) is 3. The molecule has 0 aromatic carbocycles. The van der Waals surface area contributed by atoms with Crippen molar-refractivity contribution in [3.05, 3.63) is 0 Å². The Morgan fingerprint density at radius 2 is 2.00 bits per heavy atom. The number of rotatable bonds is 1. The SMILES string of the molecule is CC1CCC(C#N)(N2CCCC(O)C2)CC1. The Hall–Kier alpha value is -0.590. The van der Waals surface area contributed by atoms with Gasteiger partial charge in [0.2, 0.25) is 0 Å². The quantitative estimate of drug-likeness (QED) is 0.737. The zero-order chi connectivity index (χ0) is 11.6. The van der Waals surface area contributed by atoms with Crippen LogP contribution in [0.1, 0.15) is 45.4 Å². The predicted molar refractivity (Wildman–Crippen MR) is 62.8 cm³/mol. The first-order valence-electron chi connectivity index (χ1n) is 6.51. The van der Waals surface area contributed by atoms with Crippen LogP contribution in [0.3, 0.4) is 0 Å².